The van der Waals surface area contributed by atoms with E-state index in [9.17, 15) is 14.3 Å². The number of anilines is 4. The minimum absolute atomic E-state index is 0.0264. The van der Waals surface area contributed by atoms with E-state index in [2.05, 4.69) is 30.4 Å². The maximum Gasteiger partial charge on any atom is 0.355 e. The molecule has 0 spiro atoms. The molecule has 11 nitrogen and oxygen atoms in total. The minimum atomic E-state index is -1.08. The number of para-hydroxylation sites is 1. The van der Waals surface area contributed by atoms with Gasteiger partial charge in [0.15, 0.2) is 39.2 Å². The van der Waals surface area contributed by atoms with Gasteiger partial charge in [0.05, 0.1) is 30.0 Å². The number of hydrogen-bond acceptors (Lipinski definition) is 12. The molecule has 0 atom stereocenters. The monoisotopic (exact) mass is 703 g/mol. The molecule has 1 fully saturated rings. The molecule has 0 radical (unpaired) electrons. The number of carbonyl (C=O) groups is 1. The predicted molar refractivity (Wildman–Crippen MR) is 190 cm³/mol. The summed E-state index contributed by atoms with van der Waals surface area (Å²) >= 11 is 2.91. The van der Waals surface area contributed by atoms with Gasteiger partial charge < -0.3 is 24.8 Å². The van der Waals surface area contributed by atoms with Crippen molar-refractivity contribution in [2.24, 2.45) is 0 Å². The summed E-state index contributed by atoms with van der Waals surface area (Å²) in [5, 5.41) is 23.7. The van der Waals surface area contributed by atoms with Crippen molar-refractivity contribution in [3.8, 4) is 5.75 Å². The first-order valence-corrected chi connectivity index (χ1v) is 18.3. The highest BCUT2D eigenvalue weighted by molar-refractivity contribution is 7.22. The summed E-state index contributed by atoms with van der Waals surface area (Å²) in [4.78, 5) is 26.4. The number of carboxylic acids is 1. The Labute approximate surface area is 291 Å². The van der Waals surface area contributed by atoms with Gasteiger partial charge in [-0.25, -0.2) is 19.2 Å². The zero-order chi connectivity index (χ0) is 33.7. The minimum Gasteiger partial charge on any atom is -0.491 e. The number of hydrogen-bond donors (Lipinski definition) is 2. The Kier molecular flexibility index (Phi) is 10.3. The van der Waals surface area contributed by atoms with E-state index in [1.165, 1.54) is 11.3 Å². The first-order chi connectivity index (χ1) is 23.9. The number of nitrogens with zero attached hydrogens (tertiary/aromatic N) is 6. The molecule has 0 aliphatic carbocycles. The number of thiazole rings is 2. The van der Waals surface area contributed by atoms with Gasteiger partial charge in [-0.3, -0.25) is 4.90 Å². The third-order valence-corrected chi connectivity index (χ3v) is 11.0. The van der Waals surface area contributed by atoms with E-state index in [-0.39, 0.29) is 23.9 Å². The number of carboxylic acid groups (broad SMARTS) is 1. The summed E-state index contributed by atoms with van der Waals surface area (Å²) in [6.45, 7) is 7.35. The van der Waals surface area contributed by atoms with Crippen LogP contribution >= 0.6 is 22.7 Å². The molecular formula is C35H38FN7O4S2. The van der Waals surface area contributed by atoms with Crippen LogP contribution in [0.25, 0.3) is 10.2 Å². The van der Waals surface area contributed by atoms with Gasteiger partial charge in [0.25, 0.3) is 0 Å². The molecule has 2 aliphatic rings. The van der Waals surface area contributed by atoms with Gasteiger partial charge in [-0.2, -0.15) is 0 Å². The van der Waals surface area contributed by atoms with Gasteiger partial charge in [0.2, 0.25) is 0 Å². The second-order valence-electron chi connectivity index (χ2n) is 12.2. The van der Waals surface area contributed by atoms with Crippen LogP contribution in [0.5, 0.6) is 5.75 Å². The van der Waals surface area contributed by atoms with E-state index in [1.54, 1.807) is 23.5 Å². The van der Waals surface area contributed by atoms with Gasteiger partial charge in [0.1, 0.15) is 0 Å². The molecule has 0 bridgehead atoms. The molecule has 2 aliphatic heterocycles. The van der Waals surface area contributed by atoms with E-state index in [0.29, 0.717) is 41.0 Å². The lowest BCUT2D eigenvalue weighted by Gasteiger charge is -2.28. The number of nitrogens with one attached hydrogen (secondary N) is 1. The van der Waals surface area contributed by atoms with E-state index < -0.39 is 5.97 Å². The summed E-state index contributed by atoms with van der Waals surface area (Å²) in [6, 6.07) is 13.1. The molecule has 0 unspecified atom stereocenters. The van der Waals surface area contributed by atoms with Crippen LogP contribution in [0, 0.1) is 12.7 Å². The maximum atomic E-state index is 14.8. The molecule has 1 saturated heterocycles. The Morgan fingerprint density at radius 1 is 1.06 bits per heavy atom. The zero-order valence-corrected chi connectivity index (χ0v) is 28.9. The van der Waals surface area contributed by atoms with Crippen molar-refractivity contribution in [2.45, 2.75) is 45.4 Å². The van der Waals surface area contributed by atoms with Crippen LogP contribution in [-0.2, 0) is 24.0 Å². The van der Waals surface area contributed by atoms with Crippen LogP contribution in [-0.4, -0.2) is 82.1 Å². The average molecular weight is 704 g/mol. The summed E-state index contributed by atoms with van der Waals surface area (Å²) in [5.41, 5.74) is 3.93. The van der Waals surface area contributed by atoms with Gasteiger partial charge in [-0.1, -0.05) is 29.5 Å². The number of aryl methyl sites for hydroxylation is 2. The van der Waals surface area contributed by atoms with Gasteiger partial charge in [-0.05, 0) is 81.8 Å². The van der Waals surface area contributed by atoms with Crippen molar-refractivity contribution in [3.05, 3.63) is 75.5 Å². The molecule has 49 heavy (non-hydrogen) atoms. The molecule has 0 saturated carbocycles. The fourth-order valence-electron chi connectivity index (χ4n) is 6.27. The zero-order valence-electron chi connectivity index (χ0n) is 27.3. The highest BCUT2D eigenvalue weighted by Crippen LogP contribution is 2.39. The average Bonchev–Trinajstić information content (AvgIpc) is 3.73. The number of benzene rings is 2. The second-order valence-corrected chi connectivity index (χ2v) is 14.3. The number of aromatic carboxylic acids is 1. The second kappa shape index (κ2) is 15.1. The van der Waals surface area contributed by atoms with Gasteiger partial charge in [0, 0.05) is 35.6 Å². The molecular weight excluding hydrogens is 666 g/mol. The number of halogens is 1. The Morgan fingerprint density at radius 3 is 2.73 bits per heavy atom. The van der Waals surface area contributed by atoms with Crippen LogP contribution in [0.4, 0.5) is 26.3 Å². The standard InChI is InChI=1S/C35H38FN7O4S2/c1-22-24-8-5-15-43(32(24)41-40-31(22)39-34-37-26-9-2-3-10-28(26)48-34)35-38-30(33(44)45)29(49-35)11-6-18-47-27-13-12-23(21-25(27)36)7-4-14-42-16-19-46-20-17-42/h2-3,9-10,12-13,21H,4-8,11,14-20H2,1H3,(H,44,45)(H,37,39,40). The lowest BCUT2D eigenvalue weighted by atomic mass is 10.0. The van der Waals surface area contributed by atoms with Crippen LogP contribution in [0.1, 0.15) is 51.3 Å². The Balaban J connectivity index is 0.972. The number of ether oxygens (including phenoxy) is 2. The summed E-state index contributed by atoms with van der Waals surface area (Å²) in [6.07, 6.45) is 4.41. The number of morpholine rings is 1. The molecule has 7 rings (SSSR count). The molecule has 5 heterocycles. The predicted octanol–water partition coefficient (Wildman–Crippen LogP) is 6.79. The van der Waals surface area contributed by atoms with Crippen molar-refractivity contribution in [1.82, 2.24) is 25.1 Å². The van der Waals surface area contributed by atoms with Crippen LogP contribution in [0.3, 0.4) is 0 Å². The lowest BCUT2D eigenvalue weighted by Crippen LogP contribution is -2.36. The molecule has 2 aromatic carbocycles. The van der Waals surface area contributed by atoms with Crippen molar-refractivity contribution >= 4 is 60.8 Å². The molecule has 2 N–H and O–H groups in total. The Morgan fingerprint density at radius 2 is 1.92 bits per heavy atom. The topological polar surface area (TPSA) is 126 Å². The number of fused-ring (bicyclic) bond motifs is 2. The van der Waals surface area contributed by atoms with Gasteiger partial charge >= 0.3 is 5.97 Å². The molecule has 256 valence electrons. The van der Waals surface area contributed by atoms with E-state index >= 15 is 0 Å². The summed E-state index contributed by atoms with van der Waals surface area (Å²) in [5.74, 6) is 0.0910. The van der Waals surface area contributed by atoms with Crippen LogP contribution in [0.2, 0.25) is 0 Å². The largest absolute Gasteiger partial charge is 0.491 e. The molecule has 14 heteroatoms. The van der Waals surface area contributed by atoms with Crippen molar-refractivity contribution in [1.29, 1.82) is 0 Å². The highest BCUT2D eigenvalue weighted by Gasteiger charge is 2.28. The first kappa shape index (κ1) is 33.3. The van der Waals surface area contributed by atoms with E-state index in [1.807, 2.05) is 42.2 Å². The third-order valence-electron chi connectivity index (χ3n) is 8.87. The van der Waals surface area contributed by atoms with Crippen LogP contribution in [0.15, 0.2) is 42.5 Å². The Bertz CT molecular complexity index is 1910. The smallest absolute Gasteiger partial charge is 0.355 e. The van der Waals surface area contributed by atoms with E-state index in [0.717, 1.165) is 90.6 Å². The van der Waals surface area contributed by atoms with E-state index in [4.69, 9.17) is 9.47 Å². The van der Waals surface area contributed by atoms with Crippen molar-refractivity contribution in [2.75, 3.05) is 56.2 Å². The van der Waals surface area contributed by atoms with Crippen LogP contribution < -0.4 is 15.0 Å². The molecule has 3 aromatic heterocycles. The van der Waals surface area contributed by atoms with Crippen molar-refractivity contribution < 1.29 is 23.8 Å². The Hall–Kier alpha value is -4.24. The summed E-state index contributed by atoms with van der Waals surface area (Å²) < 4.78 is 27.1. The number of aromatic nitrogens is 4. The first-order valence-electron chi connectivity index (χ1n) is 16.6. The fraction of sp³-hybridized carbons (Fsp3) is 0.400. The highest BCUT2D eigenvalue weighted by atomic mass is 32.1. The third kappa shape index (κ3) is 7.67. The van der Waals surface area contributed by atoms with Gasteiger partial charge in [-0.15, -0.1) is 21.5 Å². The normalized spacial score (nSPS) is 15.0. The maximum absolute atomic E-state index is 14.8. The lowest BCUT2D eigenvalue weighted by molar-refractivity contribution is 0.0374. The fourth-order valence-corrected chi connectivity index (χ4v) is 8.25. The van der Waals surface area contributed by atoms with Crippen molar-refractivity contribution in [3.63, 3.8) is 0 Å². The molecule has 0 amide bonds. The quantitative estimate of drug-likeness (QED) is 0.126. The SMILES string of the molecule is Cc1c(Nc2nc3ccccc3s2)nnc2c1CCCN2c1nc(C(=O)O)c(CCCOc2ccc(CCCN3CCOCC3)cc2F)s1. The number of rotatable bonds is 13. The molecule has 5 aromatic rings. The summed E-state index contributed by atoms with van der Waals surface area (Å²) in [7, 11) is 0.